The molecule has 0 aliphatic rings. The van der Waals surface area contributed by atoms with Crippen LogP contribution >= 0.6 is 23.2 Å². The van der Waals surface area contributed by atoms with Gasteiger partial charge in [0.2, 0.25) is 0 Å². The molecular formula is C13H16Cl2FNO. The summed E-state index contributed by atoms with van der Waals surface area (Å²) in [7, 11) is 0. The molecule has 1 aromatic carbocycles. The quantitative estimate of drug-likeness (QED) is 0.820. The van der Waals surface area contributed by atoms with E-state index in [-0.39, 0.29) is 22.5 Å². The van der Waals surface area contributed by atoms with Gasteiger partial charge in [0.05, 0.1) is 5.02 Å². The van der Waals surface area contributed by atoms with Gasteiger partial charge in [0, 0.05) is 17.5 Å². The zero-order valence-electron chi connectivity index (χ0n) is 10.3. The Morgan fingerprint density at radius 2 is 2.11 bits per heavy atom. The first-order valence-corrected chi connectivity index (χ1v) is 6.67. The van der Waals surface area contributed by atoms with Crippen LogP contribution in [0, 0.1) is 11.7 Å². The Bertz CT molecular complexity index is 423. The third kappa shape index (κ3) is 4.46. The summed E-state index contributed by atoms with van der Waals surface area (Å²) in [5.74, 6) is -0.177. The molecule has 1 rings (SSSR count). The molecule has 0 aromatic heterocycles. The number of benzene rings is 1. The Labute approximate surface area is 116 Å². The van der Waals surface area contributed by atoms with Gasteiger partial charge in [0.25, 0.3) is 5.91 Å². The number of hydrogen-bond donors (Lipinski definition) is 1. The summed E-state index contributed by atoms with van der Waals surface area (Å²) in [6, 6.07) is 3.86. The minimum atomic E-state index is -0.601. The third-order valence-corrected chi connectivity index (χ3v) is 3.14. The van der Waals surface area contributed by atoms with Gasteiger partial charge in [-0.2, -0.15) is 0 Å². The fraction of sp³-hybridized carbons (Fsp3) is 0.462. The summed E-state index contributed by atoms with van der Waals surface area (Å²) in [6.45, 7) is 4.10. The molecule has 0 heterocycles. The SMILES string of the molecule is CC(C)CC(CCl)NC(=O)c1ccc(Cl)c(F)c1. The van der Waals surface area contributed by atoms with Gasteiger partial charge in [0.15, 0.2) is 0 Å². The zero-order chi connectivity index (χ0) is 13.7. The Morgan fingerprint density at radius 1 is 1.44 bits per heavy atom. The molecular weight excluding hydrogens is 276 g/mol. The Balaban J connectivity index is 2.71. The highest BCUT2D eigenvalue weighted by atomic mass is 35.5. The van der Waals surface area contributed by atoms with Crippen molar-refractivity contribution in [2.45, 2.75) is 26.3 Å². The van der Waals surface area contributed by atoms with Crippen LogP contribution in [0.15, 0.2) is 18.2 Å². The topological polar surface area (TPSA) is 29.1 Å². The van der Waals surface area contributed by atoms with Gasteiger partial charge in [0.1, 0.15) is 5.82 Å². The summed E-state index contributed by atoms with van der Waals surface area (Å²) in [5, 5.41) is 2.78. The van der Waals surface area contributed by atoms with E-state index in [4.69, 9.17) is 23.2 Å². The first-order valence-electron chi connectivity index (χ1n) is 5.76. The fourth-order valence-electron chi connectivity index (χ4n) is 1.64. The molecule has 1 amide bonds. The minimum Gasteiger partial charge on any atom is -0.348 e. The maximum absolute atomic E-state index is 13.2. The lowest BCUT2D eigenvalue weighted by atomic mass is 10.0. The van der Waals surface area contributed by atoms with Crippen molar-refractivity contribution in [3.8, 4) is 0 Å². The molecule has 100 valence electrons. The second-order valence-electron chi connectivity index (χ2n) is 4.58. The maximum Gasteiger partial charge on any atom is 0.251 e. The van der Waals surface area contributed by atoms with E-state index in [0.717, 1.165) is 12.5 Å². The molecule has 5 heteroatoms. The summed E-state index contributed by atoms with van der Waals surface area (Å²) in [5.41, 5.74) is 0.246. The van der Waals surface area contributed by atoms with Crippen LogP contribution in [0.3, 0.4) is 0 Å². The number of carbonyl (C=O) groups is 1. The standard InChI is InChI=1S/C13H16Cl2FNO/c1-8(2)5-10(7-14)17-13(18)9-3-4-11(15)12(16)6-9/h3-4,6,8,10H,5,7H2,1-2H3,(H,17,18). The monoisotopic (exact) mass is 291 g/mol. The summed E-state index contributed by atoms with van der Waals surface area (Å²) >= 11 is 11.3. The number of amides is 1. The first kappa shape index (κ1) is 15.3. The highest BCUT2D eigenvalue weighted by Crippen LogP contribution is 2.16. The number of carbonyl (C=O) groups excluding carboxylic acids is 1. The molecule has 0 bridgehead atoms. The molecule has 0 aliphatic carbocycles. The Kier molecular flexibility index (Phi) is 5.89. The van der Waals surface area contributed by atoms with Gasteiger partial charge >= 0.3 is 0 Å². The van der Waals surface area contributed by atoms with Crippen molar-refractivity contribution < 1.29 is 9.18 Å². The van der Waals surface area contributed by atoms with Crippen LogP contribution in [0.1, 0.15) is 30.6 Å². The van der Waals surface area contributed by atoms with E-state index >= 15 is 0 Å². The molecule has 1 unspecified atom stereocenters. The van der Waals surface area contributed by atoms with Crippen molar-refractivity contribution in [3.63, 3.8) is 0 Å². The van der Waals surface area contributed by atoms with Crippen molar-refractivity contribution in [2.24, 2.45) is 5.92 Å². The number of rotatable bonds is 5. The first-order chi connectivity index (χ1) is 8.43. The predicted molar refractivity (Wildman–Crippen MR) is 72.8 cm³/mol. The smallest absolute Gasteiger partial charge is 0.251 e. The van der Waals surface area contributed by atoms with E-state index in [2.05, 4.69) is 5.32 Å². The van der Waals surface area contributed by atoms with E-state index in [1.807, 2.05) is 13.8 Å². The van der Waals surface area contributed by atoms with Crippen LogP contribution in [0.2, 0.25) is 5.02 Å². The van der Waals surface area contributed by atoms with E-state index in [9.17, 15) is 9.18 Å². The minimum absolute atomic E-state index is 0.00243. The van der Waals surface area contributed by atoms with Crippen molar-refractivity contribution in [3.05, 3.63) is 34.6 Å². The van der Waals surface area contributed by atoms with Gasteiger partial charge in [-0.1, -0.05) is 25.4 Å². The molecule has 0 spiro atoms. The Morgan fingerprint density at radius 3 is 2.61 bits per heavy atom. The molecule has 0 saturated carbocycles. The largest absolute Gasteiger partial charge is 0.348 e. The number of alkyl halides is 1. The lowest BCUT2D eigenvalue weighted by Gasteiger charge is -2.18. The highest BCUT2D eigenvalue weighted by molar-refractivity contribution is 6.30. The fourth-order valence-corrected chi connectivity index (χ4v) is 1.96. The average Bonchev–Trinajstić information content (AvgIpc) is 2.31. The zero-order valence-corrected chi connectivity index (χ0v) is 11.9. The lowest BCUT2D eigenvalue weighted by molar-refractivity contribution is 0.0936. The van der Waals surface area contributed by atoms with Gasteiger partial charge in [-0.05, 0) is 30.5 Å². The van der Waals surface area contributed by atoms with Crippen LogP contribution in [0.5, 0.6) is 0 Å². The molecule has 1 atom stereocenters. The van der Waals surface area contributed by atoms with Gasteiger partial charge in [-0.15, -0.1) is 11.6 Å². The molecule has 0 radical (unpaired) electrons. The highest BCUT2D eigenvalue weighted by Gasteiger charge is 2.15. The third-order valence-electron chi connectivity index (χ3n) is 2.46. The van der Waals surface area contributed by atoms with Crippen molar-refractivity contribution in [1.29, 1.82) is 0 Å². The Hall–Kier alpha value is -0.800. The number of halogens is 3. The second kappa shape index (κ2) is 6.95. The normalized spacial score (nSPS) is 12.6. The maximum atomic E-state index is 13.2. The predicted octanol–water partition coefficient (Wildman–Crippen LogP) is 3.86. The van der Waals surface area contributed by atoms with Crippen LogP contribution in [0.4, 0.5) is 4.39 Å². The number of hydrogen-bond acceptors (Lipinski definition) is 1. The lowest BCUT2D eigenvalue weighted by Crippen LogP contribution is -2.37. The van der Waals surface area contributed by atoms with E-state index < -0.39 is 5.82 Å². The molecule has 1 N–H and O–H groups in total. The molecule has 1 aromatic rings. The summed E-state index contributed by atoms with van der Waals surface area (Å²) < 4.78 is 13.2. The second-order valence-corrected chi connectivity index (χ2v) is 5.30. The van der Waals surface area contributed by atoms with E-state index in [0.29, 0.717) is 11.8 Å². The van der Waals surface area contributed by atoms with Gasteiger partial charge in [-0.25, -0.2) is 4.39 Å². The molecule has 18 heavy (non-hydrogen) atoms. The van der Waals surface area contributed by atoms with Crippen LogP contribution in [-0.2, 0) is 0 Å². The summed E-state index contributed by atoms with van der Waals surface area (Å²) in [6.07, 6.45) is 0.783. The van der Waals surface area contributed by atoms with Crippen molar-refractivity contribution >= 4 is 29.1 Å². The van der Waals surface area contributed by atoms with E-state index in [1.54, 1.807) is 0 Å². The average molecular weight is 292 g/mol. The molecule has 0 fully saturated rings. The van der Waals surface area contributed by atoms with Crippen molar-refractivity contribution in [1.82, 2.24) is 5.32 Å². The molecule has 0 aliphatic heterocycles. The van der Waals surface area contributed by atoms with Crippen LogP contribution in [-0.4, -0.2) is 17.8 Å². The van der Waals surface area contributed by atoms with Crippen LogP contribution in [0.25, 0.3) is 0 Å². The van der Waals surface area contributed by atoms with Crippen molar-refractivity contribution in [2.75, 3.05) is 5.88 Å². The van der Waals surface area contributed by atoms with E-state index in [1.165, 1.54) is 12.1 Å². The van der Waals surface area contributed by atoms with Gasteiger partial charge < -0.3 is 5.32 Å². The molecule has 0 saturated heterocycles. The summed E-state index contributed by atoms with van der Waals surface area (Å²) in [4.78, 5) is 11.9. The van der Waals surface area contributed by atoms with Crippen LogP contribution < -0.4 is 5.32 Å². The molecule has 2 nitrogen and oxygen atoms in total. The van der Waals surface area contributed by atoms with Gasteiger partial charge in [-0.3, -0.25) is 4.79 Å². The number of nitrogens with one attached hydrogen (secondary N) is 1.